The second kappa shape index (κ2) is 6.89. The van der Waals surface area contributed by atoms with Crippen molar-refractivity contribution in [2.75, 3.05) is 13.3 Å². The summed E-state index contributed by atoms with van der Waals surface area (Å²) in [5.74, 6) is 1.36. The highest BCUT2D eigenvalue weighted by Gasteiger charge is 2.00. The van der Waals surface area contributed by atoms with E-state index in [4.69, 9.17) is 10.5 Å². The van der Waals surface area contributed by atoms with Crippen LogP contribution in [0.4, 0.5) is 4.39 Å². The molecule has 0 saturated carbocycles. The van der Waals surface area contributed by atoms with Gasteiger partial charge in [0.05, 0.1) is 25.7 Å². The first-order valence-electron chi connectivity index (χ1n) is 6.67. The van der Waals surface area contributed by atoms with E-state index in [1.165, 1.54) is 0 Å². The number of fused-ring (bicyclic) bond motifs is 1. The molecule has 0 heterocycles. The fraction of sp³-hybridized carbons (Fsp3) is 0.312. The molecule has 0 aliphatic carbocycles. The van der Waals surface area contributed by atoms with Crippen molar-refractivity contribution in [2.45, 2.75) is 19.9 Å². The van der Waals surface area contributed by atoms with Crippen molar-refractivity contribution >= 4 is 16.6 Å². The number of nitrogens with two attached hydrogens (primary N) is 1. The molecule has 0 aliphatic heterocycles. The number of halogens is 1. The van der Waals surface area contributed by atoms with Gasteiger partial charge < -0.3 is 10.5 Å². The Morgan fingerprint density at radius 1 is 1.20 bits per heavy atom. The maximum absolute atomic E-state index is 12.0. The second-order valence-electron chi connectivity index (χ2n) is 4.69. The van der Waals surface area contributed by atoms with Crippen molar-refractivity contribution in [3.63, 3.8) is 0 Å². The standard InChI is InChI=1S/C16H19FN2O/c1-12(18)19-11-13-3-4-15-10-16(20-8-2-7-17)6-5-14(15)9-13/h3-6,9-10H,2,7-8,11H2,1H3,(H2,18,19)/i17-1. The Morgan fingerprint density at radius 3 is 2.70 bits per heavy atom. The number of amidine groups is 1. The first-order valence-corrected chi connectivity index (χ1v) is 6.67. The Kier molecular flexibility index (Phi) is 4.93. The molecule has 0 fully saturated rings. The number of aliphatic imine (C=N–C) groups is 1. The van der Waals surface area contributed by atoms with Gasteiger partial charge in [-0.3, -0.25) is 9.38 Å². The fourth-order valence-electron chi connectivity index (χ4n) is 1.92. The molecule has 0 amide bonds. The van der Waals surface area contributed by atoms with E-state index in [0.29, 0.717) is 25.4 Å². The molecule has 0 aromatic heterocycles. The van der Waals surface area contributed by atoms with Crippen LogP contribution in [0.1, 0.15) is 18.9 Å². The number of alkyl halides is 1. The predicted octanol–water partition coefficient (Wildman–Crippen LogP) is 3.46. The monoisotopic (exact) mass is 273 g/mol. The van der Waals surface area contributed by atoms with E-state index < -0.39 is 0 Å². The van der Waals surface area contributed by atoms with Crippen LogP contribution in [0.25, 0.3) is 10.8 Å². The highest BCUT2D eigenvalue weighted by Crippen LogP contribution is 2.22. The minimum Gasteiger partial charge on any atom is -0.493 e. The summed E-state index contributed by atoms with van der Waals surface area (Å²) in [4.78, 5) is 4.20. The van der Waals surface area contributed by atoms with Crippen LogP contribution in [0.2, 0.25) is 0 Å². The maximum Gasteiger partial charge on any atom is 0.119 e. The van der Waals surface area contributed by atoms with Gasteiger partial charge in [-0.2, -0.15) is 0 Å². The molecular formula is C16H19FN2O. The van der Waals surface area contributed by atoms with E-state index in [2.05, 4.69) is 11.1 Å². The van der Waals surface area contributed by atoms with Gasteiger partial charge in [0.1, 0.15) is 5.75 Å². The minimum absolute atomic E-state index is 0.349. The molecule has 2 N–H and O–H groups in total. The van der Waals surface area contributed by atoms with E-state index >= 15 is 0 Å². The lowest BCUT2D eigenvalue weighted by atomic mass is 10.1. The highest BCUT2D eigenvalue weighted by atomic mass is 18.2. The first-order chi connectivity index (χ1) is 9.69. The molecule has 2 aromatic carbocycles. The molecule has 3 nitrogen and oxygen atoms in total. The normalized spacial score (nSPS) is 11.8. The van der Waals surface area contributed by atoms with Crippen LogP contribution in [0.3, 0.4) is 0 Å². The summed E-state index contributed by atoms with van der Waals surface area (Å²) in [5.41, 5.74) is 6.66. The Morgan fingerprint density at radius 2 is 1.95 bits per heavy atom. The van der Waals surface area contributed by atoms with Crippen molar-refractivity contribution in [3.8, 4) is 5.75 Å². The Balaban J connectivity index is 2.14. The fourth-order valence-corrected chi connectivity index (χ4v) is 1.92. The average molecular weight is 273 g/mol. The highest BCUT2D eigenvalue weighted by molar-refractivity contribution is 5.84. The van der Waals surface area contributed by atoms with Gasteiger partial charge in [-0.15, -0.1) is 0 Å². The summed E-state index contributed by atoms with van der Waals surface area (Å²) in [6.45, 7) is 2.43. The van der Waals surface area contributed by atoms with Crippen LogP contribution in [0, 0.1) is 0 Å². The van der Waals surface area contributed by atoms with Crippen molar-refractivity contribution in [1.29, 1.82) is 0 Å². The van der Waals surface area contributed by atoms with E-state index in [1.807, 2.05) is 30.3 Å². The zero-order chi connectivity index (χ0) is 14.4. The van der Waals surface area contributed by atoms with Gasteiger partial charge in [-0.25, -0.2) is 0 Å². The zero-order valence-electron chi connectivity index (χ0n) is 11.6. The van der Waals surface area contributed by atoms with Crippen LogP contribution in [0.15, 0.2) is 41.4 Å². The summed E-state index contributed by atoms with van der Waals surface area (Å²) in [7, 11) is 0. The molecule has 2 aromatic rings. The lowest BCUT2D eigenvalue weighted by Gasteiger charge is -2.07. The van der Waals surface area contributed by atoms with Crippen LogP contribution < -0.4 is 10.5 Å². The lowest BCUT2D eigenvalue weighted by Crippen LogP contribution is -2.05. The van der Waals surface area contributed by atoms with Crippen molar-refractivity contribution < 1.29 is 9.13 Å². The van der Waals surface area contributed by atoms with Gasteiger partial charge in [0.2, 0.25) is 0 Å². The van der Waals surface area contributed by atoms with Crippen LogP contribution >= 0.6 is 0 Å². The average Bonchev–Trinajstić information content (AvgIpc) is 2.45. The number of rotatable bonds is 6. The summed E-state index contributed by atoms with van der Waals surface area (Å²) < 4.78 is 17.5. The largest absolute Gasteiger partial charge is 0.493 e. The van der Waals surface area contributed by atoms with Gasteiger partial charge in [-0.05, 0) is 41.5 Å². The van der Waals surface area contributed by atoms with Crippen LogP contribution in [-0.4, -0.2) is 19.1 Å². The van der Waals surface area contributed by atoms with E-state index in [9.17, 15) is 4.39 Å². The lowest BCUT2D eigenvalue weighted by molar-refractivity contribution is 0.290. The molecule has 106 valence electrons. The third kappa shape index (κ3) is 3.95. The molecule has 0 radical (unpaired) electrons. The number of benzene rings is 2. The molecule has 20 heavy (non-hydrogen) atoms. The molecule has 2 rings (SSSR count). The van der Waals surface area contributed by atoms with Gasteiger partial charge in [0, 0.05) is 6.42 Å². The first kappa shape index (κ1) is 14.3. The molecular weight excluding hydrogens is 254 g/mol. The smallest absolute Gasteiger partial charge is 0.119 e. The quantitative estimate of drug-likeness (QED) is 0.498. The third-order valence-electron chi connectivity index (χ3n) is 2.93. The molecule has 0 unspecified atom stereocenters. The van der Waals surface area contributed by atoms with E-state index in [-0.39, 0.29) is 6.67 Å². The summed E-state index contributed by atoms with van der Waals surface area (Å²) in [6, 6.07) is 12.0. The Bertz CT molecular complexity index is 606. The number of hydrogen-bond acceptors (Lipinski definition) is 2. The van der Waals surface area contributed by atoms with Gasteiger partial charge in [0.15, 0.2) is 0 Å². The summed E-state index contributed by atoms with van der Waals surface area (Å²) >= 11 is 0. The Hall–Kier alpha value is -2.10. The number of nitrogens with zero attached hydrogens (tertiary/aromatic N) is 1. The SMILES string of the molecule is CC(N)=NCc1ccc2cc(OCCC[18F])ccc2c1. The summed E-state index contributed by atoms with van der Waals surface area (Å²) in [6.07, 6.45) is 0.424. The van der Waals surface area contributed by atoms with Crippen molar-refractivity contribution in [1.82, 2.24) is 0 Å². The second-order valence-corrected chi connectivity index (χ2v) is 4.69. The number of hydrogen-bond donors (Lipinski definition) is 1. The van der Waals surface area contributed by atoms with Crippen LogP contribution in [-0.2, 0) is 6.54 Å². The predicted molar refractivity (Wildman–Crippen MR) is 81.0 cm³/mol. The van der Waals surface area contributed by atoms with E-state index in [0.717, 1.165) is 22.1 Å². The zero-order valence-corrected chi connectivity index (χ0v) is 11.6. The molecule has 0 bridgehead atoms. The van der Waals surface area contributed by atoms with Crippen molar-refractivity contribution in [3.05, 3.63) is 42.0 Å². The van der Waals surface area contributed by atoms with Crippen molar-refractivity contribution in [2.24, 2.45) is 10.7 Å². The van der Waals surface area contributed by atoms with E-state index in [1.54, 1.807) is 6.92 Å². The van der Waals surface area contributed by atoms with Crippen LogP contribution in [0.5, 0.6) is 5.75 Å². The van der Waals surface area contributed by atoms with Gasteiger partial charge in [0.25, 0.3) is 0 Å². The molecule has 0 spiro atoms. The minimum atomic E-state index is -0.349. The Labute approximate surface area is 118 Å². The number of ether oxygens (including phenoxy) is 1. The molecule has 0 saturated heterocycles. The molecule has 0 atom stereocenters. The van der Waals surface area contributed by atoms with Gasteiger partial charge >= 0.3 is 0 Å². The topological polar surface area (TPSA) is 47.6 Å². The molecule has 0 aliphatic rings. The van der Waals surface area contributed by atoms with Gasteiger partial charge in [-0.1, -0.05) is 18.2 Å². The summed E-state index contributed by atoms with van der Waals surface area (Å²) in [5, 5.41) is 2.23. The third-order valence-corrected chi connectivity index (χ3v) is 2.93. The molecule has 4 heteroatoms. The maximum atomic E-state index is 12.0.